The van der Waals surface area contributed by atoms with Gasteiger partial charge >= 0.3 is 0 Å². The first-order chi connectivity index (χ1) is 9.21. The van der Waals surface area contributed by atoms with Crippen LogP contribution < -0.4 is 5.32 Å². The SMILES string of the molecule is CCCC1NC(CC)N(C2CCCC(SC)C2)C1=O. The summed E-state index contributed by atoms with van der Waals surface area (Å²) in [5, 5.41) is 4.29. The maximum absolute atomic E-state index is 12.6. The van der Waals surface area contributed by atoms with Gasteiger partial charge in [-0.15, -0.1) is 0 Å². The Kier molecular flexibility index (Phi) is 5.58. The molecule has 0 spiro atoms. The molecule has 0 aromatic rings. The lowest BCUT2D eigenvalue weighted by molar-refractivity contribution is -0.133. The van der Waals surface area contributed by atoms with Crippen LogP contribution in [0.3, 0.4) is 0 Å². The third kappa shape index (κ3) is 3.27. The minimum atomic E-state index is 0.0737. The van der Waals surface area contributed by atoms with Gasteiger partial charge in [-0.1, -0.05) is 26.7 Å². The quantitative estimate of drug-likeness (QED) is 0.842. The van der Waals surface area contributed by atoms with Crippen LogP contribution in [0.25, 0.3) is 0 Å². The number of carbonyl (C=O) groups excluding carboxylic acids is 1. The fraction of sp³-hybridized carbons (Fsp3) is 0.933. The summed E-state index contributed by atoms with van der Waals surface area (Å²) in [6.07, 6.45) is 10.5. The molecule has 0 bridgehead atoms. The second-order valence-corrected chi connectivity index (χ2v) is 6.99. The Balaban J connectivity index is 2.05. The first-order valence-corrected chi connectivity index (χ1v) is 9.11. The minimum Gasteiger partial charge on any atom is -0.323 e. The van der Waals surface area contributed by atoms with Gasteiger partial charge < -0.3 is 4.90 Å². The minimum absolute atomic E-state index is 0.0737. The molecule has 2 rings (SSSR count). The molecule has 0 aromatic heterocycles. The van der Waals surface area contributed by atoms with E-state index in [2.05, 4.69) is 30.3 Å². The predicted octanol–water partition coefficient (Wildman–Crippen LogP) is 3.00. The van der Waals surface area contributed by atoms with Gasteiger partial charge in [0.15, 0.2) is 0 Å². The van der Waals surface area contributed by atoms with Crippen molar-refractivity contribution in [2.75, 3.05) is 6.26 Å². The van der Waals surface area contributed by atoms with Gasteiger partial charge in [0.05, 0.1) is 12.2 Å². The van der Waals surface area contributed by atoms with Crippen molar-refractivity contribution in [3.05, 3.63) is 0 Å². The maximum atomic E-state index is 12.6. The van der Waals surface area contributed by atoms with Crippen molar-refractivity contribution in [1.29, 1.82) is 0 Å². The zero-order valence-corrected chi connectivity index (χ0v) is 13.3. The van der Waals surface area contributed by atoms with E-state index in [0.29, 0.717) is 11.9 Å². The van der Waals surface area contributed by atoms with E-state index in [9.17, 15) is 4.79 Å². The molecule has 1 saturated carbocycles. The predicted molar refractivity (Wildman–Crippen MR) is 82.3 cm³/mol. The van der Waals surface area contributed by atoms with E-state index in [1.165, 1.54) is 25.7 Å². The second-order valence-electron chi connectivity index (χ2n) is 5.86. The molecular weight excluding hydrogens is 256 g/mol. The highest BCUT2D eigenvalue weighted by Crippen LogP contribution is 2.33. The third-order valence-electron chi connectivity index (χ3n) is 4.57. The van der Waals surface area contributed by atoms with Crippen LogP contribution in [-0.2, 0) is 4.79 Å². The van der Waals surface area contributed by atoms with Crippen molar-refractivity contribution in [3.8, 4) is 0 Å². The lowest BCUT2D eigenvalue weighted by Gasteiger charge is -2.37. The standard InChI is InChI=1S/C15H28N2OS/c1-4-7-13-15(18)17(14(5-2)16-13)11-8-6-9-12(10-11)19-3/h11-14,16H,4-10H2,1-3H3. The molecule has 0 aromatic carbocycles. The average Bonchev–Trinajstić information content (AvgIpc) is 2.76. The molecule has 4 heteroatoms. The van der Waals surface area contributed by atoms with Gasteiger partial charge in [-0.3, -0.25) is 10.1 Å². The van der Waals surface area contributed by atoms with Gasteiger partial charge in [0.25, 0.3) is 0 Å². The Morgan fingerprint density at radius 2 is 2.16 bits per heavy atom. The number of thioether (sulfide) groups is 1. The van der Waals surface area contributed by atoms with Gasteiger partial charge in [-0.25, -0.2) is 0 Å². The number of rotatable bonds is 5. The highest BCUT2D eigenvalue weighted by Gasteiger charge is 2.42. The highest BCUT2D eigenvalue weighted by atomic mass is 32.2. The molecule has 19 heavy (non-hydrogen) atoms. The molecule has 2 fully saturated rings. The fourth-order valence-electron chi connectivity index (χ4n) is 3.55. The molecule has 1 aliphatic carbocycles. The van der Waals surface area contributed by atoms with Crippen LogP contribution in [0.2, 0.25) is 0 Å². The van der Waals surface area contributed by atoms with Crippen molar-refractivity contribution < 1.29 is 4.79 Å². The number of nitrogens with one attached hydrogen (secondary N) is 1. The Morgan fingerprint density at radius 3 is 2.79 bits per heavy atom. The zero-order valence-electron chi connectivity index (χ0n) is 12.5. The number of amides is 1. The first kappa shape index (κ1) is 15.2. The summed E-state index contributed by atoms with van der Waals surface area (Å²) in [5.41, 5.74) is 0. The van der Waals surface area contributed by atoms with Gasteiger partial charge in [0, 0.05) is 11.3 Å². The van der Waals surface area contributed by atoms with Gasteiger partial charge in [0.2, 0.25) is 5.91 Å². The van der Waals surface area contributed by atoms with E-state index < -0.39 is 0 Å². The molecule has 1 aliphatic heterocycles. The van der Waals surface area contributed by atoms with E-state index in [1.807, 2.05) is 11.8 Å². The van der Waals surface area contributed by atoms with Crippen LogP contribution in [-0.4, -0.2) is 40.6 Å². The summed E-state index contributed by atoms with van der Waals surface area (Å²) >= 11 is 1.97. The fourth-order valence-corrected chi connectivity index (χ4v) is 4.37. The van der Waals surface area contributed by atoms with Gasteiger partial charge in [-0.05, 0) is 38.4 Å². The van der Waals surface area contributed by atoms with Crippen LogP contribution in [0.15, 0.2) is 0 Å². The summed E-state index contributed by atoms with van der Waals surface area (Å²) in [5.74, 6) is 0.362. The van der Waals surface area contributed by atoms with E-state index in [4.69, 9.17) is 0 Å². The highest BCUT2D eigenvalue weighted by molar-refractivity contribution is 7.99. The molecular formula is C15H28N2OS. The number of hydrogen-bond donors (Lipinski definition) is 1. The van der Waals surface area contributed by atoms with Gasteiger partial charge in [0.1, 0.15) is 0 Å². The van der Waals surface area contributed by atoms with Gasteiger partial charge in [-0.2, -0.15) is 11.8 Å². The molecule has 2 aliphatic rings. The molecule has 4 unspecified atom stereocenters. The van der Waals surface area contributed by atoms with Crippen molar-refractivity contribution in [2.45, 2.75) is 82.3 Å². The molecule has 1 N–H and O–H groups in total. The van der Waals surface area contributed by atoms with Crippen LogP contribution >= 0.6 is 11.8 Å². The number of carbonyl (C=O) groups is 1. The van der Waals surface area contributed by atoms with Crippen molar-refractivity contribution >= 4 is 17.7 Å². The smallest absolute Gasteiger partial charge is 0.241 e. The maximum Gasteiger partial charge on any atom is 0.241 e. The van der Waals surface area contributed by atoms with E-state index in [0.717, 1.165) is 24.5 Å². The summed E-state index contributed by atoms with van der Waals surface area (Å²) in [6.45, 7) is 4.34. The average molecular weight is 284 g/mol. The molecule has 1 amide bonds. The lowest BCUT2D eigenvalue weighted by Crippen LogP contribution is -2.46. The second kappa shape index (κ2) is 6.98. The third-order valence-corrected chi connectivity index (χ3v) is 5.67. The van der Waals surface area contributed by atoms with E-state index in [1.54, 1.807) is 0 Å². The Hall–Kier alpha value is -0.220. The lowest BCUT2D eigenvalue weighted by atomic mass is 9.93. The molecule has 0 radical (unpaired) electrons. The van der Waals surface area contributed by atoms with E-state index >= 15 is 0 Å². The summed E-state index contributed by atoms with van der Waals surface area (Å²) in [6, 6.07) is 0.544. The number of hydrogen-bond acceptors (Lipinski definition) is 3. The van der Waals surface area contributed by atoms with Crippen molar-refractivity contribution in [3.63, 3.8) is 0 Å². The largest absolute Gasteiger partial charge is 0.323 e. The first-order valence-electron chi connectivity index (χ1n) is 7.82. The van der Waals surface area contributed by atoms with E-state index in [-0.39, 0.29) is 12.2 Å². The van der Waals surface area contributed by atoms with Crippen molar-refractivity contribution in [1.82, 2.24) is 10.2 Å². The molecule has 1 saturated heterocycles. The Labute approximate surface area is 121 Å². The summed E-state index contributed by atoms with van der Waals surface area (Å²) < 4.78 is 0. The summed E-state index contributed by atoms with van der Waals surface area (Å²) in [7, 11) is 0. The van der Waals surface area contributed by atoms with Crippen molar-refractivity contribution in [2.24, 2.45) is 0 Å². The molecule has 4 atom stereocenters. The van der Waals surface area contributed by atoms with Crippen LogP contribution in [0.1, 0.15) is 58.8 Å². The monoisotopic (exact) mass is 284 g/mol. The van der Waals surface area contributed by atoms with Crippen LogP contribution in [0.4, 0.5) is 0 Å². The van der Waals surface area contributed by atoms with Crippen LogP contribution in [0, 0.1) is 0 Å². The Bertz CT molecular complexity index is 311. The zero-order chi connectivity index (χ0) is 13.8. The normalized spacial score (nSPS) is 35.9. The molecule has 3 nitrogen and oxygen atoms in total. The Morgan fingerprint density at radius 1 is 1.37 bits per heavy atom. The number of nitrogens with zero attached hydrogens (tertiary/aromatic N) is 1. The molecule has 1 heterocycles. The molecule has 110 valence electrons. The summed E-state index contributed by atoms with van der Waals surface area (Å²) in [4.78, 5) is 14.8. The topological polar surface area (TPSA) is 32.3 Å². The van der Waals surface area contributed by atoms with Crippen LogP contribution in [0.5, 0.6) is 0 Å².